The Balaban J connectivity index is 1.42. The van der Waals surface area contributed by atoms with Crippen LogP contribution in [0.25, 0.3) is 22.0 Å². The van der Waals surface area contributed by atoms with Crippen molar-refractivity contribution in [3.05, 3.63) is 83.3 Å². The highest BCUT2D eigenvalue weighted by atomic mass is 35.5. The third-order valence-electron chi connectivity index (χ3n) is 6.56. The number of halogens is 3. The van der Waals surface area contributed by atoms with Crippen molar-refractivity contribution in [1.29, 1.82) is 0 Å². The Hall–Kier alpha value is -3.67. The van der Waals surface area contributed by atoms with Gasteiger partial charge in [0.05, 0.1) is 11.2 Å². The molecule has 1 fully saturated rings. The predicted molar refractivity (Wildman–Crippen MR) is 144 cm³/mol. The number of rotatable bonds is 7. The second kappa shape index (κ2) is 10.5. The number of benzene rings is 3. The molecule has 5 rings (SSSR count). The van der Waals surface area contributed by atoms with Crippen molar-refractivity contribution < 1.29 is 26.8 Å². The molecule has 39 heavy (non-hydrogen) atoms. The first kappa shape index (κ1) is 26.9. The third kappa shape index (κ3) is 5.17. The number of fused-ring (bicyclic) bond motifs is 1. The van der Waals surface area contributed by atoms with Crippen LogP contribution in [0.15, 0.2) is 66.7 Å². The zero-order valence-corrected chi connectivity index (χ0v) is 22.2. The van der Waals surface area contributed by atoms with Gasteiger partial charge in [0.1, 0.15) is 17.9 Å². The summed E-state index contributed by atoms with van der Waals surface area (Å²) in [6.07, 6.45) is -1.99. The van der Waals surface area contributed by atoms with Gasteiger partial charge in [0.15, 0.2) is 17.5 Å². The quantitative estimate of drug-likeness (QED) is 0.313. The summed E-state index contributed by atoms with van der Waals surface area (Å²) in [6, 6.07) is 16.2. The molecule has 1 aromatic heterocycles. The Morgan fingerprint density at radius 3 is 2.49 bits per heavy atom. The number of sulfonamides is 1. The Morgan fingerprint density at radius 2 is 1.74 bits per heavy atom. The lowest BCUT2D eigenvalue weighted by molar-refractivity contribution is -0.119. The maximum atomic E-state index is 15.4. The highest BCUT2D eigenvalue weighted by molar-refractivity contribution is 7.88. The molecule has 3 aromatic carbocycles. The summed E-state index contributed by atoms with van der Waals surface area (Å²) in [4.78, 5) is 25.2. The minimum Gasteiger partial charge on any atom is -0.322 e. The van der Waals surface area contributed by atoms with Crippen LogP contribution in [0, 0.1) is 5.82 Å². The second-order valence-corrected chi connectivity index (χ2v) is 11.5. The summed E-state index contributed by atoms with van der Waals surface area (Å²) >= 11 is 6.20. The molecule has 1 aliphatic heterocycles. The van der Waals surface area contributed by atoms with Crippen LogP contribution in [0.5, 0.6) is 0 Å². The first-order valence-electron chi connectivity index (χ1n) is 12.0. The summed E-state index contributed by atoms with van der Waals surface area (Å²) < 4.78 is 58.7. The molecule has 0 unspecified atom stereocenters. The van der Waals surface area contributed by atoms with E-state index in [9.17, 15) is 22.4 Å². The standard InChI is InChI=1S/C27H23ClF2N4O4S/c1-16(35)26-20-8-3-5-12-23(20)33(32-26)15-39(37,38)34-14-17(29)13-24(34)27(36)31-22-11-6-9-19(25(22)30)18-7-2-4-10-21(18)28/h2-12,17,24H,13-15H2,1H3,(H,31,36)/t17-,24+/m1/s1. The van der Waals surface area contributed by atoms with Crippen LogP contribution < -0.4 is 5.32 Å². The molecule has 2 heterocycles. The average molecular weight is 573 g/mol. The van der Waals surface area contributed by atoms with E-state index in [2.05, 4.69) is 10.4 Å². The van der Waals surface area contributed by atoms with Gasteiger partial charge in [-0.1, -0.05) is 60.1 Å². The van der Waals surface area contributed by atoms with E-state index >= 15 is 4.39 Å². The molecule has 0 saturated carbocycles. The van der Waals surface area contributed by atoms with Crippen molar-refractivity contribution >= 4 is 49.9 Å². The molecule has 4 aromatic rings. The maximum Gasteiger partial charge on any atom is 0.243 e. The summed E-state index contributed by atoms with van der Waals surface area (Å²) in [5.41, 5.74) is 0.874. The van der Waals surface area contributed by atoms with Gasteiger partial charge in [-0.15, -0.1) is 0 Å². The van der Waals surface area contributed by atoms with Gasteiger partial charge in [-0.3, -0.25) is 9.59 Å². The molecule has 0 bridgehead atoms. The van der Waals surface area contributed by atoms with Gasteiger partial charge in [0.25, 0.3) is 0 Å². The van der Waals surface area contributed by atoms with E-state index < -0.39 is 52.8 Å². The summed E-state index contributed by atoms with van der Waals surface area (Å²) in [5, 5.41) is 7.38. The molecule has 0 spiro atoms. The van der Waals surface area contributed by atoms with Crippen LogP contribution in [-0.4, -0.2) is 53.0 Å². The van der Waals surface area contributed by atoms with Gasteiger partial charge in [-0.25, -0.2) is 21.9 Å². The van der Waals surface area contributed by atoms with Crippen molar-refractivity contribution in [1.82, 2.24) is 14.1 Å². The molecule has 202 valence electrons. The third-order valence-corrected chi connectivity index (χ3v) is 8.58. The number of Topliss-reactive ketones (excluding diaryl/α,β-unsaturated/α-hetero) is 1. The van der Waals surface area contributed by atoms with Gasteiger partial charge in [-0.2, -0.15) is 9.40 Å². The number of para-hydroxylation sites is 1. The fraction of sp³-hybridized carbons (Fsp3) is 0.222. The zero-order chi connectivity index (χ0) is 27.9. The number of nitrogens with one attached hydrogen (secondary N) is 1. The summed E-state index contributed by atoms with van der Waals surface area (Å²) in [7, 11) is -4.29. The number of aromatic nitrogens is 2. The van der Waals surface area contributed by atoms with Crippen molar-refractivity contribution in [2.24, 2.45) is 0 Å². The van der Waals surface area contributed by atoms with Gasteiger partial charge in [-0.05, 0) is 18.2 Å². The highest BCUT2D eigenvalue weighted by Gasteiger charge is 2.44. The number of hydrogen-bond acceptors (Lipinski definition) is 5. The van der Waals surface area contributed by atoms with Crippen molar-refractivity contribution in [3.63, 3.8) is 0 Å². The number of carbonyl (C=O) groups excluding carboxylic acids is 2. The predicted octanol–water partition coefficient (Wildman–Crippen LogP) is 5.04. The molecule has 1 amide bonds. The molecule has 1 aliphatic rings. The van der Waals surface area contributed by atoms with Gasteiger partial charge in [0.2, 0.25) is 15.9 Å². The molecule has 8 nitrogen and oxygen atoms in total. The number of ketones is 1. The van der Waals surface area contributed by atoms with E-state index in [0.29, 0.717) is 21.5 Å². The first-order chi connectivity index (χ1) is 18.6. The lowest BCUT2D eigenvalue weighted by atomic mass is 10.0. The highest BCUT2D eigenvalue weighted by Crippen LogP contribution is 2.33. The van der Waals surface area contributed by atoms with Crippen molar-refractivity contribution in [2.45, 2.75) is 31.4 Å². The number of carbonyl (C=O) groups is 2. The number of alkyl halides is 1. The Bertz CT molecular complexity index is 1710. The normalized spacial score (nSPS) is 17.9. The van der Waals surface area contributed by atoms with Crippen LogP contribution in [0.1, 0.15) is 23.8 Å². The molecular formula is C27H23ClF2N4O4S. The zero-order valence-electron chi connectivity index (χ0n) is 20.6. The average Bonchev–Trinajstić information content (AvgIpc) is 3.47. The number of nitrogens with zero attached hydrogens (tertiary/aromatic N) is 3. The second-order valence-electron chi connectivity index (χ2n) is 9.22. The molecule has 0 aliphatic carbocycles. The van der Waals surface area contributed by atoms with E-state index in [1.54, 1.807) is 48.5 Å². The van der Waals surface area contributed by atoms with E-state index in [4.69, 9.17) is 11.6 Å². The van der Waals surface area contributed by atoms with Gasteiger partial charge < -0.3 is 5.32 Å². The lowest BCUT2D eigenvalue weighted by Crippen LogP contribution is -2.44. The van der Waals surface area contributed by atoms with Crippen molar-refractivity contribution in [3.8, 4) is 11.1 Å². The molecule has 1 saturated heterocycles. The molecule has 0 radical (unpaired) electrons. The first-order valence-corrected chi connectivity index (χ1v) is 14.0. The number of anilines is 1. The van der Waals surface area contributed by atoms with Crippen LogP contribution in [0.4, 0.5) is 14.5 Å². The fourth-order valence-electron chi connectivity index (χ4n) is 4.75. The van der Waals surface area contributed by atoms with Gasteiger partial charge in [0, 0.05) is 41.4 Å². The van der Waals surface area contributed by atoms with E-state index in [1.165, 1.54) is 25.1 Å². The van der Waals surface area contributed by atoms with Crippen molar-refractivity contribution in [2.75, 3.05) is 11.9 Å². The van der Waals surface area contributed by atoms with Crippen LogP contribution >= 0.6 is 11.6 Å². The summed E-state index contributed by atoms with van der Waals surface area (Å²) in [6.45, 7) is 0.781. The maximum absolute atomic E-state index is 15.4. The van der Waals surface area contributed by atoms with Gasteiger partial charge >= 0.3 is 0 Å². The lowest BCUT2D eigenvalue weighted by Gasteiger charge is -2.23. The number of hydrogen-bond donors (Lipinski definition) is 1. The topological polar surface area (TPSA) is 101 Å². The largest absolute Gasteiger partial charge is 0.322 e. The Morgan fingerprint density at radius 1 is 1.05 bits per heavy atom. The van der Waals surface area contributed by atoms with Crippen LogP contribution in [0.2, 0.25) is 5.02 Å². The fourth-order valence-corrected chi connectivity index (χ4v) is 6.60. The SMILES string of the molecule is CC(=O)c1nn(CS(=O)(=O)N2C[C@H](F)C[C@H]2C(=O)Nc2cccc(-c3ccccc3Cl)c2F)c2ccccc12. The molecule has 12 heteroatoms. The van der Waals surface area contributed by atoms with E-state index in [-0.39, 0.29) is 22.7 Å². The molecule has 2 atom stereocenters. The smallest absolute Gasteiger partial charge is 0.243 e. The Kier molecular flexibility index (Phi) is 7.23. The minimum absolute atomic E-state index is 0.105. The number of amides is 1. The van der Waals surface area contributed by atoms with E-state index in [0.717, 1.165) is 8.99 Å². The van der Waals surface area contributed by atoms with E-state index in [1.807, 2.05) is 0 Å². The monoisotopic (exact) mass is 572 g/mol. The van der Waals surface area contributed by atoms with Crippen LogP contribution in [0.3, 0.4) is 0 Å². The molecular weight excluding hydrogens is 550 g/mol. The molecule has 1 N–H and O–H groups in total. The minimum atomic E-state index is -4.29. The summed E-state index contributed by atoms with van der Waals surface area (Å²) in [5.74, 6) is -2.69. The Labute approximate surface area is 228 Å². The van der Waals surface area contributed by atoms with Crippen LogP contribution in [-0.2, 0) is 20.7 Å².